The number of carbonyl (C=O) groups excluding carboxylic acids is 2. The Kier molecular flexibility index (Phi) is 2.91. The van der Waals surface area contributed by atoms with Crippen LogP contribution in [-0.2, 0) is 0 Å². The summed E-state index contributed by atoms with van der Waals surface area (Å²) in [5.74, 6) is -0.0961. The lowest BCUT2D eigenvalue weighted by atomic mass is 10.1. The first kappa shape index (κ1) is 11.3. The van der Waals surface area contributed by atoms with E-state index in [9.17, 15) is 9.59 Å². The highest BCUT2D eigenvalue weighted by Crippen LogP contribution is 2.13. The molecule has 0 spiro atoms. The van der Waals surface area contributed by atoms with Gasteiger partial charge in [0.05, 0.1) is 5.69 Å². The molecule has 0 bridgehead atoms. The Morgan fingerprint density at radius 3 is 2.35 bits per heavy atom. The average Bonchev–Trinajstić information content (AvgIpc) is 2.70. The molecule has 2 rings (SSSR count). The minimum Gasteiger partial charge on any atom is -0.355 e. The third kappa shape index (κ3) is 2.18. The highest BCUT2D eigenvalue weighted by Gasteiger charge is 2.12. The molecule has 0 saturated carbocycles. The van der Waals surface area contributed by atoms with Crippen molar-refractivity contribution >= 4 is 12.1 Å². The number of aryl methyl sites for hydroxylation is 2. The summed E-state index contributed by atoms with van der Waals surface area (Å²) in [7, 11) is 0. The standard InChI is InChI=1S/C14H13NO2/c1-9-3-5-11(6-4-9)14(17)13-7-12(8-16)10(2)15-13/h3-8,15H,1-2H3. The van der Waals surface area contributed by atoms with E-state index in [-0.39, 0.29) is 5.78 Å². The molecular weight excluding hydrogens is 214 g/mol. The van der Waals surface area contributed by atoms with Gasteiger partial charge in [-0.15, -0.1) is 0 Å². The van der Waals surface area contributed by atoms with Crippen LogP contribution in [-0.4, -0.2) is 17.1 Å². The van der Waals surface area contributed by atoms with Crippen LogP contribution in [0.15, 0.2) is 30.3 Å². The zero-order valence-corrected chi connectivity index (χ0v) is 9.78. The minimum atomic E-state index is -0.0961. The van der Waals surface area contributed by atoms with Gasteiger partial charge >= 0.3 is 0 Å². The fourth-order valence-electron chi connectivity index (χ4n) is 1.68. The van der Waals surface area contributed by atoms with Crippen molar-refractivity contribution in [2.24, 2.45) is 0 Å². The summed E-state index contributed by atoms with van der Waals surface area (Å²) in [5, 5.41) is 0. The summed E-state index contributed by atoms with van der Waals surface area (Å²) in [6, 6.07) is 8.95. The molecule has 0 aliphatic carbocycles. The average molecular weight is 227 g/mol. The van der Waals surface area contributed by atoms with E-state index >= 15 is 0 Å². The van der Waals surface area contributed by atoms with Crippen molar-refractivity contribution < 1.29 is 9.59 Å². The van der Waals surface area contributed by atoms with Crippen LogP contribution in [0.1, 0.15) is 37.7 Å². The van der Waals surface area contributed by atoms with E-state index < -0.39 is 0 Å². The molecule has 2 aromatic rings. The van der Waals surface area contributed by atoms with Crippen LogP contribution < -0.4 is 0 Å². The van der Waals surface area contributed by atoms with Gasteiger partial charge in [0.2, 0.25) is 5.78 Å². The normalized spacial score (nSPS) is 10.2. The molecule has 0 radical (unpaired) electrons. The third-order valence-electron chi connectivity index (χ3n) is 2.74. The second kappa shape index (κ2) is 4.37. The van der Waals surface area contributed by atoms with Crippen molar-refractivity contribution in [1.29, 1.82) is 0 Å². The number of benzene rings is 1. The van der Waals surface area contributed by atoms with Crippen LogP contribution in [0, 0.1) is 13.8 Å². The number of hydrogen-bond acceptors (Lipinski definition) is 2. The quantitative estimate of drug-likeness (QED) is 0.647. The number of nitrogens with one attached hydrogen (secondary N) is 1. The van der Waals surface area contributed by atoms with E-state index in [1.807, 2.05) is 19.1 Å². The SMILES string of the molecule is Cc1ccc(C(=O)c2cc(C=O)c(C)[nH]2)cc1. The maximum Gasteiger partial charge on any atom is 0.209 e. The summed E-state index contributed by atoms with van der Waals surface area (Å²) in [4.78, 5) is 25.7. The maximum absolute atomic E-state index is 12.1. The van der Waals surface area contributed by atoms with Crippen LogP contribution in [0.25, 0.3) is 0 Å². The Hall–Kier alpha value is -2.16. The Balaban J connectivity index is 2.36. The Bertz CT molecular complexity index is 564. The molecule has 1 aromatic carbocycles. The van der Waals surface area contributed by atoms with Gasteiger partial charge in [-0.25, -0.2) is 0 Å². The zero-order valence-electron chi connectivity index (χ0n) is 9.78. The van der Waals surface area contributed by atoms with E-state index in [2.05, 4.69) is 4.98 Å². The fraction of sp³-hybridized carbons (Fsp3) is 0.143. The van der Waals surface area contributed by atoms with Crippen LogP contribution in [0.3, 0.4) is 0 Å². The van der Waals surface area contributed by atoms with Gasteiger partial charge in [0.25, 0.3) is 0 Å². The van der Waals surface area contributed by atoms with Gasteiger partial charge in [-0.05, 0) is 19.9 Å². The number of carbonyl (C=O) groups is 2. The summed E-state index contributed by atoms with van der Waals surface area (Å²) >= 11 is 0. The van der Waals surface area contributed by atoms with E-state index in [0.29, 0.717) is 16.8 Å². The first-order valence-electron chi connectivity index (χ1n) is 5.38. The van der Waals surface area contributed by atoms with Gasteiger partial charge in [0, 0.05) is 16.8 Å². The predicted octanol–water partition coefficient (Wildman–Crippen LogP) is 2.68. The minimum absolute atomic E-state index is 0.0961. The van der Waals surface area contributed by atoms with Crippen molar-refractivity contribution in [2.45, 2.75) is 13.8 Å². The lowest BCUT2D eigenvalue weighted by molar-refractivity contribution is 0.103. The predicted molar refractivity (Wildman–Crippen MR) is 65.5 cm³/mol. The summed E-state index contributed by atoms with van der Waals surface area (Å²) in [6.07, 6.45) is 0.748. The van der Waals surface area contributed by atoms with Crippen LogP contribution >= 0.6 is 0 Å². The second-order valence-corrected chi connectivity index (χ2v) is 4.08. The van der Waals surface area contributed by atoms with Gasteiger partial charge in [-0.1, -0.05) is 29.8 Å². The Morgan fingerprint density at radius 1 is 1.18 bits per heavy atom. The summed E-state index contributed by atoms with van der Waals surface area (Å²) in [5.41, 5.74) is 3.43. The van der Waals surface area contributed by atoms with Crippen LogP contribution in [0.5, 0.6) is 0 Å². The number of ketones is 1. The highest BCUT2D eigenvalue weighted by atomic mass is 16.1. The van der Waals surface area contributed by atoms with E-state index in [0.717, 1.165) is 17.5 Å². The second-order valence-electron chi connectivity index (χ2n) is 4.08. The molecule has 0 fully saturated rings. The van der Waals surface area contributed by atoms with Gasteiger partial charge in [0.15, 0.2) is 6.29 Å². The molecule has 0 unspecified atom stereocenters. The van der Waals surface area contributed by atoms with Crippen molar-refractivity contribution in [3.8, 4) is 0 Å². The molecular formula is C14H13NO2. The van der Waals surface area contributed by atoms with Crippen LogP contribution in [0.4, 0.5) is 0 Å². The fourth-order valence-corrected chi connectivity index (χ4v) is 1.68. The lowest BCUT2D eigenvalue weighted by Crippen LogP contribution is -2.01. The monoisotopic (exact) mass is 227 g/mol. The van der Waals surface area contributed by atoms with E-state index in [4.69, 9.17) is 0 Å². The van der Waals surface area contributed by atoms with Crippen molar-refractivity contribution in [2.75, 3.05) is 0 Å². The third-order valence-corrected chi connectivity index (χ3v) is 2.74. The maximum atomic E-state index is 12.1. The molecule has 0 amide bonds. The molecule has 0 saturated heterocycles. The first-order chi connectivity index (χ1) is 8.11. The number of aromatic nitrogens is 1. The number of hydrogen-bond donors (Lipinski definition) is 1. The molecule has 3 heteroatoms. The molecule has 1 aromatic heterocycles. The van der Waals surface area contributed by atoms with E-state index in [1.165, 1.54) is 0 Å². The summed E-state index contributed by atoms with van der Waals surface area (Å²) in [6.45, 7) is 3.74. The van der Waals surface area contributed by atoms with Crippen molar-refractivity contribution in [3.63, 3.8) is 0 Å². The molecule has 1 heterocycles. The highest BCUT2D eigenvalue weighted by molar-refractivity contribution is 6.08. The zero-order chi connectivity index (χ0) is 12.4. The molecule has 3 nitrogen and oxygen atoms in total. The van der Waals surface area contributed by atoms with Gasteiger partial charge in [-0.3, -0.25) is 9.59 Å². The van der Waals surface area contributed by atoms with Crippen LogP contribution in [0.2, 0.25) is 0 Å². The molecule has 0 aliphatic heterocycles. The van der Waals surface area contributed by atoms with Gasteiger partial charge < -0.3 is 4.98 Å². The first-order valence-corrected chi connectivity index (χ1v) is 5.38. The smallest absolute Gasteiger partial charge is 0.209 e. The topological polar surface area (TPSA) is 49.9 Å². The van der Waals surface area contributed by atoms with Crippen molar-refractivity contribution in [3.05, 3.63) is 58.4 Å². The largest absolute Gasteiger partial charge is 0.355 e. The summed E-state index contributed by atoms with van der Waals surface area (Å²) < 4.78 is 0. The lowest BCUT2D eigenvalue weighted by Gasteiger charge is -1.99. The molecule has 0 aliphatic rings. The number of aromatic amines is 1. The number of aldehydes is 1. The molecule has 1 N–H and O–H groups in total. The van der Waals surface area contributed by atoms with E-state index in [1.54, 1.807) is 25.1 Å². The number of rotatable bonds is 3. The van der Waals surface area contributed by atoms with Gasteiger partial charge in [-0.2, -0.15) is 0 Å². The molecule has 86 valence electrons. The Labute approximate surface area is 99.5 Å². The Morgan fingerprint density at radius 2 is 1.82 bits per heavy atom. The van der Waals surface area contributed by atoms with Gasteiger partial charge in [0.1, 0.15) is 0 Å². The molecule has 17 heavy (non-hydrogen) atoms. The number of H-pyrrole nitrogens is 1. The molecule has 0 atom stereocenters. The van der Waals surface area contributed by atoms with Crippen molar-refractivity contribution in [1.82, 2.24) is 4.98 Å².